The first-order valence-corrected chi connectivity index (χ1v) is 2.49. The highest BCUT2D eigenvalue weighted by Gasteiger charge is 1.91. The highest BCUT2D eigenvalue weighted by Crippen LogP contribution is 1.91. The average Bonchev–Trinajstić information content (AvgIpc) is 1.65. The van der Waals surface area contributed by atoms with Gasteiger partial charge in [-0.3, -0.25) is 0 Å². The SMILES string of the molecule is [CH2]C(CO)CS. The van der Waals surface area contributed by atoms with E-state index in [1.807, 2.05) is 0 Å². The molecule has 1 radical (unpaired) electrons. The minimum Gasteiger partial charge on any atom is -0.396 e. The summed E-state index contributed by atoms with van der Waals surface area (Å²) in [4.78, 5) is 0. The van der Waals surface area contributed by atoms with Gasteiger partial charge in [-0.15, -0.1) is 0 Å². The quantitative estimate of drug-likeness (QED) is 0.486. The molecule has 0 rings (SSSR count). The highest BCUT2D eigenvalue weighted by atomic mass is 32.1. The third-order valence-electron chi connectivity index (χ3n) is 0.516. The van der Waals surface area contributed by atoms with Crippen LogP contribution >= 0.6 is 12.6 Å². The predicted molar refractivity (Wildman–Crippen MR) is 29.8 cm³/mol. The molecule has 37 valence electrons. The Morgan fingerprint density at radius 2 is 2.33 bits per heavy atom. The van der Waals surface area contributed by atoms with Crippen molar-refractivity contribution in [3.63, 3.8) is 0 Å². The molecular weight excluding hydrogens is 96.1 g/mol. The second-order valence-corrected chi connectivity index (χ2v) is 1.60. The number of aliphatic hydroxyl groups is 1. The second-order valence-electron chi connectivity index (χ2n) is 1.23. The molecule has 0 spiro atoms. The van der Waals surface area contributed by atoms with Crippen molar-refractivity contribution >= 4 is 12.6 Å². The molecule has 0 aliphatic rings. The Morgan fingerprint density at radius 1 is 1.83 bits per heavy atom. The van der Waals surface area contributed by atoms with Crippen LogP contribution in [-0.2, 0) is 0 Å². The number of thiol groups is 1. The molecule has 1 unspecified atom stereocenters. The molecule has 0 heterocycles. The fourth-order valence-electron chi connectivity index (χ4n) is 0.0577. The first-order chi connectivity index (χ1) is 2.81. The molecule has 0 amide bonds. The molecule has 2 heteroatoms. The summed E-state index contributed by atoms with van der Waals surface area (Å²) in [5.41, 5.74) is 0. The maximum atomic E-state index is 8.22. The van der Waals surface area contributed by atoms with Crippen molar-refractivity contribution in [3.8, 4) is 0 Å². The minimum atomic E-state index is 0.105. The lowest BCUT2D eigenvalue weighted by atomic mass is 10.2. The molecule has 0 aliphatic heterocycles. The summed E-state index contributed by atoms with van der Waals surface area (Å²) in [6, 6.07) is 0. The van der Waals surface area contributed by atoms with Gasteiger partial charge in [0.25, 0.3) is 0 Å². The van der Waals surface area contributed by atoms with Gasteiger partial charge in [-0.05, 0) is 18.6 Å². The van der Waals surface area contributed by atoms with Crippen molar-refractivity contribution in [3.05, 3.63) is 6.92 Å². The highest BCUT2D eigenvalue weighted by molar-refractivity contribution is 7.80. The van der Waals surface area contributed by atoms with Gasteiger partial charge in [-0.2, -0.15) is 12.6 Å². The van der Waals surface area contributed by atoms with Gasteiger partial charge in [0.2, 0.25) is 0 Å². The van der Waals surface area contributed by atoms with Crippen LogP contribution in [-0.4, -0.2) is 17.5 Å². The van der Waals surface area contributed by atoms with E-state index in [0.717, 1.165) is 0 Å². The van der Waals surface area contributed by atoms with Crippen LogP contribution in [0.5, 0.6) is 0 Å². The maximum absolute atomic E-state index is 8.22. The molecule has 1 atom stereocenters. The van der Waals surface area contributed by atoms with E-state index < -0.39 is 0 Å². The molecule has 6 heavy (non-hydrogen) atoms. The van der Waals surface area contributed by atoms with Crippen molar-refractivity contribution < 1.29 is 5.11 Å². The van der Waals surface area contributed by atoms with E-state index in [-0.39, 0.29) is 12.5 Å². The molecule has 0 aromatic carbocycles. The van der Waals surface area contributed by atoms with Gasteiger partial charge >= 0.3 is 0 Å². The average molecular weight is 105 g/mol. The number of rotatable bonds is 2. The Labute approximate surface area is 43.8 Å². The van der Waals surface area contributed by atoms with E-state index in [9.17, 15) is 0 Å². The second kappa shape index (κ2) is 3.50. The van der Waals surface area contributed by atoms with Crippen molar-refractivity contribution in [1.82, 2.24) is 0 Å². The van der Waals surface area contributed by atoms with Gasteiger partial charge in [-0.25, -0.2) is 0 Å². The smallest absolute Gasteiger partial charge is 0.0467 e. The van der Waals surface area contributed by atoms with Crippen molar-refractivity contribution in [2.45, 2.75) is 0 Å². The van der Waals surface area contributed by atoms with Gasteiger partial charge in [0.15, 0.2) is 0 Å². The van der Waals surface area contributed by atoms with Crippen LogP contribution in [0.3, 0.4) is 0 Å². The van der Waals surface area contributed by atoms with Gasteiger partial charge in [0, 0.05) is 6.61 Å². The zero-order chi connectivity index (χ0) is 4.99. The van der Waals surface area contributed by atoms with E-state index >= 15 is 0 Å². The lowest BCUT2D eigenvalue weighted by Gasteiger charge is -1.97. The summed E-state index contributed by atoms with van der Waals surface area (Å²) < 4.78 is 0. The third kappa shape index (κ3) is 2.54. The molecule has 0 aliphatic carbocycles. The first kappa shape index (κ1) is 6.31. The Hall–Kier alpha value is 0.310. The van der Waals surface area contributed by atoms with Gasteiger partial charge < -0.3 is 5.11 Å². The summed E-state index contributed by atoms with van der Waals surface area (Å²) in [7, 11) is 0. The Kier molecular flexibility index (Phi) is 3.68. The van der Waals surface area contributed by atoms with Crippen LogP contribution < -0.4 is 0 Å². The lowest BCUT2D eigenvalue weighted by molar-refractivity contribution is 0.263. The van der Waals surface area contributed by atoms with E-state index in [1.165, 1.54) is 0 Å². The molecule has 1 N–H and O–H groups in total. The van der Waals surface area contributed by atoms with E-state index in [1.54, 1.807) is 0 Å². The Balaban J connectivity index is 2.75. The van der Waals surface area contributed by atoms with Crippen molar-refractivity contribution in [1.29, 1.82) is 0 Å². The van der Waals surface area contributed by atoms with Crippen LogP contribution in [0.1, 0.15) is 0 Å². The molecular formula is C4H9OS. The van der Waals surface area contributed by atoms with Crippen LogP contribution in [0, 0.1) is 12.8 Å². The number of hydrogen-bond acceptors (Lipinski definition) is 2. The predicted octanol–water partition coefficient (Wildman–Crippen LogP) is 0.359. The molecule has 0 aromatic heterocycles. The van der Waals surface area contributed by atoms with Crippen LogP contribution in [0.25, 0.3) is 0 Å². The van der Waals surface area contributed by atoms with Gasteiger partial charge in [-0.1, -0.05) is 0 Å². The first-order valence-electron chi connectivity index (χ1n) is 1.86. The third-order valence-corrected chi connectivity index (χ3v) is 1.03. The minimum absolute atomic E-state index is 0.105. The molecule has 0 fully saturated rings. The molecule has 0 saturated carbocycles. The summed E-state index contributed by atoms with van der Waals surface area (Å²) in [5, 5.41) is 8.22. The van der Waals surface area contributed by atoms with Gasteiger partial charge in [0.1, 0.15) is 0 Å². The standard InChI is InChI=1S/C4H9OS/c1-4(2-5)3-6/h4-6H,1-3H2. The van der Waals surface area contributed by atoms with Crippen LogP contribution in [0.15, 0.2) is 0 Å². The summed E-state index contributed by atoms with van der Waals surface area (Å²) >= 11 is 3.87. The molecule has 0 aromatic rings. The fourth-order valence-corrected chi connectivity index (χ4v) is 0.173. The fraction of sp³-hybridized carbons (Fsp3) is 0.750. The Morgan fingerprint density at radius 3 is 2.33 bits per heavy atom. The largest absolute Gasteiger partial charge is 0.396 e. The van der Waals surface area contributed by atoms with Crippen molar-refractivity contribution in [2.24, 2.45) is 5.92 Å². The van der Waals surface area contributed by atoms with Crippen molar-refractivity contribution in [2.75, 3.05) is 12.4 Å². The zero-order valence-corrected chi connectivity index (χ0v) is 4.49. The van der Waals surface area contributed by atoms with Gasteiger partial charge in [0.05, 0.1) is 0 Å². The van der Waals surface area contributed by atoms with E-state index in [4.69, 9.17) is 5.11 Å². The topological polar surface area (TPSA) is 20.2 Å². The summed E-state index contributed by atoms with van der Waals surface area (Å²) in [6.45, 7) is 3.69. The lowest BCUT2D eigenvalue weighted by Crippen LogP contribution is -2.00. The van der Waals surface area contributed by atoms with Crippen LogP contribution in [0.4, 0.5) is 0 Å². The summed E-state index contributed by atoms with van der Waals surface area (Å²) in [6.07, 6.45) is 0. The molecule has 0 bridgehead atoms. The zero-order valence-electron chi connectivity index (χ0n) is 3.59. The Bertz CT molecular complexity index is 26.7. The maximum Gasteiger partial charge on any atom is 0.0467 e. The van der Waals surface area contributed by atoms with E-state index in [2.05, 4.69) is 19.6 Å². The molecule has 1 nitrogen and oxygen atoms in total. The normalized spacial score (nSPS) is 14.5. The van der Waals surface area contributed by atoms with E-state index in [0.29, 0.717) is 5.75 Å². The van der Waals surface area contributed by atoms with Crippen LogP contribution in [0.2, 0.25) is 0 Å². The summed E-state index contributed by atoms with van der Waals surface area (Å²) in [5.74, 6) is 0.768. The number of aliphatic hydroxyl groups excluding tert-OH is 1. The molecule has 0 saturated heterocycles. The number of hydrogen-bond donors (Lipinski definition) is 2. The monoisotopic (exact) mass is 105 g/mol.